The lowest BCUT2D eigenvalue weighted by molar-refractivity contribution is -0.115. The van der Waals surface area contributed by atoms with E-state index in [1.54, 1.807) is 48.5 Å². The average molecular weight is 504 g/mol. The minimum absolute atomic E-state index is 0.00745. The van der Waals surface area contributed by atoms with Crippen molar-refractivity contribution in [1.82, 2.24) is 0 Å². The summed E-state index contributed by atoms with van der Waals surface area (Å²) in [6, 6.07) is 17.0. The number of nitrogens with one attached hydrogen (secondary N) is 2. The molecule has 1 saturated heterocycles. The summed E-state index contributed by atoms with van der Waals surface area (Å²) in [5.41, 5.74) is 1.39. The molecule has 0 bridgehead atoms. The monoisotopic (exact) mass is 503 g/mol. The van der Waals surface area contributed by atoms with Gasteiger partial charge in [0.1, 0.15) is 10.7 Å². The van der Waals surface area contributed by atoms with E-state index in [0.717, 1.165) is 0 Å². The number of sulfonamides is 1. The van der Waals surface area contributed by atoms with Crippen LogP contribution in [0.15, 0.2) is 71.6 Å². The van der Waals surface area contributed by atoms with Crippen LogP contribution in [-0.2, 0) is 26.0 Å². The van der Waals surface area contributed by atoms with E-state index in [4.69, 9.17) is 16.3 Å². The van der Waals surface area contributed by atoms with Crippen LogP contribution in [-0.4, -0.2) is 40.6 Å². The van der Waals surface area contributed by atoms with Crippen LogP contribution < -0.4 is 14.9 Å². The maximum Gasteiger partial charge on any atom is 0.264 e. The number of morpholine rings is 1. The lowest BCUT2D eigenvalue weighted by atomic mass is 10.1. The van der Waals surface area contributed by atoms with Crippen molar-refractivity contribution in [3.8, 4) is 0 Å². The molecule has 0 spiro atoms. The van der Waals surface area contributed by atoms with E-state index in [2.05, 4.69) is 10.0 Å². The molecule has 1 aliphatic heterocycles. The number of ether oxygens (including phenoxy) is 1. The molecule has 1 fully saturated rings. The van der Waals surface area contributed by atoms with Crippen LogP contribution in [0.4, 0.5) is 21.5 Å². The van der Waals surface area contributed by atoms with Crippen LogP contribution >= 0.6 is 11.6 Å². The zero-order valence-electron chi connectivity index (χ0n) is 18.1. The van der Waals surface area contributed by atoms with E-state index in [9.17, 15) is 17.6 Å². The second kappa shape index (κ2) is 10.4. The van der Waals surface area contributed by atoms with Gasteiger partial charge >= 0.3 is 0 Å². The topological polar surface area (TPSA) is 87.7 Å². The molecule has 4 rings (SSSR count). The Morgan fingerprint density at radius 3 is 2.38 bits per heavy atom. The van der Waals surface area contributed by atoms with Gasteiger partial charge < -0.3 is 15.0 Å². The minimum Gasteiger partial charge on any atom is -0.378 e. The Hall–Kier alpha value is -3.14. The smallest absolute Gasteiger partial charge is 0.264 e. The third kappa shape index (κ3) is 5.85. The molecule has 10 heteroatoms. The largest absolute Gasteiger partial charge is 0.378 e. The summed E-state index contributed by atoms with van der Waals surface area (Å²) in [6.07, 6.45) is -0.178. The van der Waals surface area contributed by atoms with Gasteiger partial charge in [0.05, 0.1) is 25.3 Å². The lowest BCUT2D eigenvalue weighted by Crippen LogP contribution is -2.37. The number of carbonyl (C=O) groups excluding carboxylic acids is 1. The van der Waals surface area contributed by atoms with Crippen LogP contribution in [0, 0.1) is 5.82 Å². The summed E-state index contributed by atoms with van der Waals surface area (Å²) in [5, 5.41) is 3.16. The maximum absolute atomic E-state index is 13.9. The van der Waals surface area contributed by atoms with Gasteiger partial charge in [-0.3, -0.25) is 9.52 Å². The van der Waals surface area contributed by atoms with Crippen molar-refractivity contribution in [1.29, 1.82) is 0 Å². The maximum atomic E-state index is 13.9. The van der Waals surface area contributed by atoms with Gasteiger partial charge in [-0.2, -0.15) is 0 Å². The summed E-state index contributed by atoms with van der Waals surface area (Å²) >= 11 is 5.90. The lowest BCUT2D eigenvalue weighted by Gasteiger charge is -2.30. The third-order valence-electron chi connectivity index (χ3n) is 5.29. The van der Waals surface area contributed by atoms with Crippen LogP contribution in [0.5, 0.6) is 0 Å². The van der Waals surface area contributed by atoms with Crippen molar-refractivity contribution in [3.05, 3.63) is 83.1 Å². The zero-order chi connectivity index (χ0) is 24.1. The first-order valence-corrected chi connectivity index (χ1v) is 12.5. The number of hydrogen-bond acceptors (Lipinski definition) is 5. The van der Waals surface area contributed by atoms with Gasteiger partial charge in [-0.15, -0.1) is 0 Å². The van der Waals surface area contributed by atoms with Gasteiger partial charge in [0.15, 0.2) is 0 Å². The highest BCUT2D eigenvalue weighted by atomic mass is 35.5. The number of hydrogen-bond donors (Lipinski definition) is 2. The first-order chi connectivity index (χ1) is 16.3. The summed E-state index contributed by atoms with van der Waals surface area (Å²) < 4.78 is 48.6. The normalized spacial score (nSPS) is 14.0. The van der Waals surface area contributed by atoms with Crippen LogP contribution in [0.25, 0.3) is 0 Å². The van der Waals surface area contributed by atoms with E-state index in [1.807, 2.05) is 4.90 Å². The predicted molar refractivity (Wildman–Crippen MR) is 130 cm³/mol. The zero-order valence-corrected chi connectivity index (χ0v) is 19.7. The number of carbonyl (C=O) groups is 1. The Morgan fingerprint density at radius 1 is 1.00 bits per heavy atom. The molecular weight excluding hydrogens is 481 g/mol. The quantitative estimate of drug-likeness (QED) is 0.502. The molecule has 178 valence electrons. The molecule has 0 saturated carbocycles. The van der Waals surface area contributed by atoms with Crippen molar-refractivity contribution >= 4 is 44.6 Å². The Kier molecular flexibility index (Phi) is 7.35. The number of nitrogens with zero attached hydrogens (tertiary/aromatic N) is 1. The number of amides is 1. The standard InChI is InChI=1S/C24H23ClFN3O4S/c25-18-5-7-19(8-6-18)28-34(31,32)23-16-20(9-10-22(23)29-11-13-33-14-12-29)27-24(30)15-17-3-1-2-4-21(17)26/h1-10,16,28H,11-15H2,(H,27,30). The fourth-order valence-corrected chi connectivity index (χ4v) is 5.06. The summed E-state index contributed by atoms with van der Waals surface area (Å²) in [4.78, 5) is 14.5. The molecule has 0 unspecified atom stereocenters. The molecule has 7 nitrogen and oxygen atoms in total. The Morgan fingerprint density at radius 2 is 1.68 bits per heavy atom. The fraction of sp³-hybridized carbons (Fsp3) is 0.208. The van der Waals surface area contributed by atoms with E-state index in [-0.39, 0.29) is 22.6 Å². The molecule has 1 amide bonds. The number of benzene rings is 3. The van der Waals surface area contributed by atoms with Crippen molar-refractivity contribution in [2.45, 2.75) is 11.3 Å². The van der Waals surface area contributed by atoms with Gasteiger partial charge in [0.25, 0.3) is 10.0 Å². The van der Waals surface area contributed by atoms with E-state index in [0.29, 0.717) is 42.7 Å². The first kappa shape index (κ1) is 24.0. The molecule has 34 heavy (non-hydrogen) atoms. The number of halogens is 2. The van der Waals surface area contributed by atoms with Gasteiger partial charge in [0.2, 0.25) is 5.91 Å². The summed E-state index contributed by atoms with van der Waals surface area (Å²) in [6.45, 7) is 2.02. The molecule has 2 N–H and O–H groups in total. The summed E-state index contributed by atoms with van der Waals surface area (Å²) in [7, 11) is -4.02. The summed E-state index contributed by atoms with van der Waals surface area (Å²) in [5.74, 6) is -0.936. The highest BCUT2D eigenvalue weighted by molar-refractivity contribution is 7.92. The fourth-order valence-electron chi connectivity index (χ4n) is 3.62. The molecular formula is C24H23ClFN3O4S. The Bertz CT molecular complexity index is 1280. The Labute approximate surface area is 202 Å². The SMILES string of the molecule is O=C(Cc1ccccc1F)Nc1ccc(N2CCOCC2)c(S(=O)(=O)Nc2ccc(Cl)cc2)c1. The molecule has 0 aromatic heterocycles. The number of anilines is 3. The van der Waals surface area contributed by atoms with Gasteiger partial charge in [0, 0.05) is 29.5 Å². The predicted octanol–water partition coefficient (Wildman–Crippen LogP) is 4.30. The molecule has 0 radical (unpaired) electrons. The molecule has 1 aliphatic rings. The second-order valence-corrected chi connectivity index (χ2v) is 9.80. The highest BCUT2D eigenvalue weighted by Crippen LogP contribution is 2.31. The average Bonchev–Trinajstić information content (AvgIpc) is 2.82. The van der Waals surface area contributed by atoms with Crippen molar-refractivity contribution < 1.29 is 22.3 Å². The van der Waals surface area contributed by atoms with Crippen LogP contribution in [0.2, 0.25) is 5.02 Å². The van der Waals surface area contributed by atoms with Gasteiger partial charge in [-0.05, 0) is 54.1 Å². The highest BCUT2D eigenvalue weighted by Gasteiger charge is 2.24. The van der Waals surface area contributed by atoms with Crippen molar-refractivity contribution in [3.63, 3.8) is 0 Å². The van der Waals surface area contributed by atoms with Crippen LogP contribution in [0.3, 0.4) is 0 Å². The van der Waals surface area contributed by atoms with E-state index < -0.39 is 21.7 Å². The Balaban J connectivity index is 1.63. The second-order valence-electron chi connectivity index (χ2n) is 7.71. The number of rotatable bonds is 7. The van der Waals surface area contributed by atoms with Gasteiger partial charge in [-0.25, -0.2) is 12.8 Å². The van der Waals surface area contributed by atoms with E-state index >= 15 is 0 Å². The van der Waals surface area contributed by atoms with Crippen LogP contribution in [0.1, 0.15) is 5.56 Å². The van der Waals surface area contributed by atoms with Crippen molar-refractivity contribution in [2.24, 2.45) is 0 Å². The van der Waals surface area contributed by atoms with E-state index in [1.165, 1.54) is 18.2 Å². The molecule has 3 aromatic rings. The van der Waals surface area contributed by atoms with Gasteiger partial charge in [-0.1, -0.05) is 29.8 Å². The third-order valence-corrected chi connectivity index (χ3v) is 6.95. The molecule has 3 aromatic carbocycles. The molecule has 0 atom stereocenters. The molecule has 0 aliphatic carbocycles. The van der Waals surface area contributed by atoms with Crippen molar-refractivity contribution in [2.75, 3.05) is 41.2 Å². The minimum atomic E-state index is -4.02. The first-order valence-electron chi connectivity index (χ1n) is 10.6. The molecule has 1 heterocycles.